The Balaban J connectivity index is 2.13. The normalized spacial score (nSPS) is 14.0. The number of hydrogen-bond donors (Lipinski definition) is 1. The van der Waals surface area contributed by atoms with Crippen molar-refractivity contribution >= 4 is 7.60 Å². The topological polar surface area (TPSA) is 89.1 Å². The maximum atomic E-state index is 11.6. The molecule has 7 nitrogen and oxygen atoms in total. The van der Waals surface area contributed by atoms with E-state index < -0.39 is 7.60 Å². The second-order valence-electron chi connectivity index (χ2n) is 3.75. The Labute approximate surface area is 110 Å². The van der Waals surface area contributed by atoms with Crippen molar-refractivity contribution in [3.8, 4) is 11.3 Å². The second kappa shape index (κ2) is 5.97. The highest BCUT2D eigenvalue weighted by Gasteiger charge is 2.25. The Hall–Kier alpha value is -1.69. The Morgan fingerprint density at radius 1 is 1.47 bits per heavy atom. The van der Waals surface area contributed by atoms with Gasteiger partial charge in [0.1, 0.15) is 12.5 Å². The van der Waals surface area contributed by atoms with Crippen LogP contribution in [0, 0.1) is 0 Å². The maximum Gasteiger partial charge on any atom is 0.395 e. The Kier molecular flexibility index (Phi) is 4.31. The summed E-state index contributed by atoms with van der Waals surface area (Å²) in [7, 11) is -3.63. The summed E-state index contributed by atoms with van der Waals surface area (Å²) in [6, 6.07) is 3.53. The zero-order chi connectivity index (χ0) is 13.7. The molecule has 2 heterocycles. The summed E-state index contributed by atoms with van der Waals surface area (Å²) >= 11 is 0. The van der Waals surface area contributed by atoms with Crippen LogP contribution in [0.15, 0.2) is 37.1 Å². The molecule has 0 amide bonds. The molecule has 0 spiro atoms. The first-order valence-corrected chi connectivity index (χ1v) is 7.45. The van der Waals surface area contributed by atoms with E-state index >= 15 is 0 Å². The molecule has 1 N–H and O–H groups in total. The van der Waals surface area contributed by atoms with Crippen LogP contribution < -0.4 is 4.68 Å². The van der Waals surface area contributed by atoms with Crippen LogP contribution in [0.1, 0.15) is 6.92 Å². The standard InChI is InChI=1S/C11H13N4O3P/c1-2-18-19(16,17)9-15-6-4-10(7-14-15)11-3-5-12-8-13-11/h3-8H,2,9H2,1H3/p+1. The fourth-order valence-electron chi connectivity index (χ4n) is 1.51. The fraction of sp³-hybridized carbons (Fsp3) is 0.273. The minimum atomic E-state index is -3.63. The van der Waals surface area contributed by atoms with E-state index in [4.69, 9.17) is 4.52 Å². The van der Waals surface area contributed by atoms with Crippen molar-refractivity contribution in [1.29, 1.82) is 0 Å². The van der Waals surface area contributed by atoms with Gasteiger partial charge < -0.3 is 9.42 Å². The van der Waals surface area contributed by atoms with Gasteiger partial charge in [0.25, 0.3) is 6.29 Å². The summed E-state index contributed by atoms with van der Waals surface area (Å²) in [6.45, 7) is 1.85. The lowest BCUT2D eigenvalue weighted by Crippen LogP contribution is -2.37. The van der Waals surface area contributed by atoms with Crippen molar-refractivity contribution in [1.82, 2.24) is 15.1 Å². The van der Waals surface area contributed by atoms with Crippen LogP contribution in [0.4, 0.5) is 0 Å². The molecule has 0 aliphatic rings. The van der Waals surface area contributed by atoms with E-state index in [-0.39, 0.29) is 12.9 Å². The number of aromatic nitrogens is 4. The molecule has 1 atom stereocenters. The molecule has 0 fully saturated rings. The van der Waals surface area contributed by atoms with Gasteiger partial charge in [-0.2, -0.15) is 0 Å². The van der Waals surface area contributed by atoms with Gasteiger partial charge in [-0.3, -0.25) is 4.57 Å². The smallest absolute Gasteiger partial charge is 0.320 e. The minimum absolute atomic E-state index is 0.176. The molecule has 2 rings (SSSR count). The molecule has 1 unspecified atom stereocenters. The molecule has 0 saturated heterocycles. The molecule has 0 aliphatic heterocycles. The molecule has 0 bridgehead atoms. The highest BCUT2D eigenvalue weighted by atomic mass is 31.2. The minimum Gasteiger partial charge on any atom is -0.320 e. The molecule has 100 valence electrons. The van der Waals surface area contributed by atoms with Crippen molar-refractivity contribution in [2.75, 3.05) is 6.61 Å². The molecule has 0 aromatic carbocycles. The molecule has 0 radical (unpaired) electrons. The van der Waals surface area contributed by atoms with Gasteiger partial charge in [-0.05, 0) is 18.1 Å². The summed E-state index contributed by atoms with van der Waals surface area (Å²) in [4.78, 5) is 17.4. The number of rotatable bonds is 5. The molecular weight excluding hydrogens is 267 g/mol. The average molecular weight is 281 g/mol. The van der Waals surface area contributed by atoms with E-state index in [1.165, 1.54) is 11.0 Å². The van der Waals surface area contributed by atoms with Gasteiger partial charge in [-0.1, -0.05) is 4.68 Å². The van der Waals surface area contributed by atoms with Gasteiger partial charge in [0, 0.05) is 17.8 Å². The van der Waals surface area contributed by atoms with Crippen LogP contribution >= 0.6 is 7.60 Å². The van der Waals surface area contributed by atoms with Crippen molar-refractivity contribution in [2.45, 2.75) is 13.2 Å². The summed E-state index contributed by atoms with van der Waals surface area (Å²) in [6.07, 6.45) is 6.10. The third kappa shape index (κ3) is 3.89. The summed E-state index contributed by atoms with van der Waals surface area (Å²) in [5, 5.41) is 4.07. The van der Waals surface area contributed by atoms with E-state index in [9.17, 15) is 9.46 Å². The van der Waals surface area contributed by atoms with Gasteiger partial charge in [-0.25, -0.2) is 9.97 Å². The van der Waals surface area contributed by atoms with Crippen LogP contribution in [-0.4, -0.2) is 26.6 Å². The van der Waals surface area contributed by atoms with Gasteiger partial charge in [-0.15, -0.1) is 0 Å². The van der Waals surface area contributed by atoms with Crippen molar-refractivity contribution in [3.63, 3.8) is 0 Å². The van der Waals surface area contributed by atoms with Gasteiger partial charge in [0.15, 0.2) is 6.20 Å². The maximum absolute atomic E-state index is 11.6. The molecule has 19 heavy (non-hydrogen) atoms. The summed E-state index contributed by atoms with van der Waals surface area (Å²) < 4.78 is 17.7. The molecular formula is C11H14N4O3P+. The van der Waals surface area contributed by atoms with Crippen LogP contribution in [0.3, 0.4) is 0 Å². The van der Waals surface area contributed by atoms with Crippen LogP contribution in [0.25, 0.3) is 11.3 Å². The van der Waals surface area contributed by atoms with E-state index in [1.807, 2.05) is 0 Å². The van der Waals surface area contributed by atoms with Gasteiger partial charge in [0.2, 0.25) is 0 Å². The molecule has 2 aromatic heterocycles. The van der Waals surface area contributed by atoms with Crippen LogP contribution in [-0.2, 0) is 15.4 Å². The zero-order valence-electron chi connectivity index (χ0n) is 10.4. The largest absolute Gasteiger partial charge is 0.395 e. The lowest BCUT2D eigenvalue weighted by atomic mass is 10.2. The number of nitrogens with zero attached hydrogens (tertiary/aromatic N) is 4. The van der Waals surface area contributed by atoms with Gasteiger partial charge in [0.05, 0.1) is 12.3 Å². The third-order valence-electron chi connectivity index (χ3n) is 2.30. The van der Waals surface area contributed by atoms with Crippen molar-refractivity contribution in [2.24, 2.45) is 0 Å². The monoisotopic (exact) mass is 281 g/mol. The predicted octanol–water partition coefficient (Wildman–Crippen LogP) is 1.01. The lowest BCUT2D eigenvalue weighted by molar-refractivity contribution is -0.738. The van der Waals surface area contributed by atoms with Crippen LogP contribution in [0.2, 0.25) is 0 Å². The Morgan fingerprint density at radius 3 is 2.89 bits per heavy atom. The molecule has 0 saturated carbocycles. The Morgan fingerprint density at radius 2 is 2.32 bits per heavy atom. The SMILES string of the molecule is CCOP(=O)(O)C[n+]1ccc(-c2ccncn2)cn1. The van der Waals surface area contributed by atoms with Gasteiger partial charge >= 0.3 is 7.60 Å². The third-order valence-corrected chi connectivity index (χ3v) is 3.61. The van der Waals surface area contributed by atoms with E-state index in [0.717, 1.165) is 11.3 Å². The first kappa shape index (κ1) is 13.7. The second-order valence-corrected chi connectivity index (χ2v) is 5.56. The highest BCUT2D eigenvalue weighted by Crippen LogP contribution is 2.41. The predicted molar refractivity (Wildman–Crippen MR) is 66.9 cm³/mol. The quantitative estimate of drug-likeness (QED) is 0.649. The first-order valence-electron chi connectivity index (χ1n) is 5.69. The molecule has 8 heteroatoms. The summed E-state index contributed by atoms with van der Waals surface area (Å²) in [5.74, 6) is 0. The summed E-state index contributed by atoms with van der Waals surface area (Å²) in [5.41, 5.74) is 1.55. The van der Waals surface area contributed by atoms with E-state index in [1.54, 1.807) is 37.6 Å². The first-order chi connectivity index (χ1) is 9.11. The fourth-order valence-corrected chi connectivity index (χ4v) is 2.53. The average Bonchev–Trinajstić information content (AvgIpc) is 2.40. The van der Waals surface area contributed by atoms with E-state index in [2.05, 4.69) is 15.1 Å². The zero-order valence-corrected chi connectivity index (χ0v) is 11.3. The van der Waals surface area contributed by atoms with Crippen LogP contribution in [0.5, 0.6) is 0 Å². The number of hydrogen-bond acceptors (Lipinski definition) is 5. The Bertz CT molecular complexity index is 576. The molecule has 0 aliphatic carbocycles. The van der Waals surface area contributed by atoms with Crippen molar-refractivity contribution < 1.29 is 18.7 Å². The van der Waals surface area contributed by atoms with Crippen molar-refractivity contribution in [3.05, 3.63) is 37.1 Å². The van der Waals surface area contributed by atoms with E-state index in [0.29, 0.717) is 0 Å². The lowest BCUT2D eigenvalue weighted by Gasteiger charge is -2.05. The highest BCUT2D eigenvalue weighted by molar-refractivity contribution is 7.51. The molecule has 2 aromatic rings.